The maximum absolute atomic E-state index is 12.6. The average molecular weight is 341 g/mol. The molecule has 0 spiro atoms. The molecule has 0 fully saturated rings. The second kappa shape index (κ2) is 10.9. The molecule has 1 unspecified atom stereocenters. The van der Waals surface area contributed by atoms with Gasteiger partial charge in [0.15, 0.2) is 0 Å². The van der Waals surface area contributed by atoms with Crippen LogP contribution in [0.4, 0.5) is 0 Å². The summed E-state index contributed by atoms with van der Waals surface area (Å²) in [6.45, 7) is 2.63. The van der Waals surface area contributed by atoms with Gasteiger partial charge in [-0.05, 0) is 18.6 Å². The minimum atomic E-state index is -0.184. The fourth-order valence-electron chi connectivity index (χ4n) is 3.34. The Bertz CT molecular complexity index is 565. The zero-order valence-electron chi connectivity index (χ0n) is 15.5. The van der Waals surface area contributed by atoms with Gasteiger partial charge in [0, 0.05) is 12.1 Å². The standard InChI is InChI=1S/C22H31NO2/c1-2-3-4-5-6-7-8-10-14-20-17-13-18-23(22(20)25)21(24)19-15-11-9-12-16-19/h9,11-13,15-17,20H,2-8,10,14,18H2,1H3. The van der Waals surface area contributed by atoms with Gasteiger partial charge < -0.3 is 0 Å². The number of carbonyl (C=O) groups is 2. The molecule has 1 aromatic rings. The van der Waals surface area contributed by atoms with E-state index >= 15 is 0 Å². The first-order valence-corrected chi connectivity index (χ1v) is 9.81. The first-order valence-electron chi connectivity index (χ1n) is 9.81. The fraction of sp³-hybridized carbons (Fsp3) is 0.545. The van der Waals surface area contributed by atoms with Crippen LogP contribution in [0, 0.1) is 5.92 Å². The van der Waals surface area contributed by atoms with E-state index in [1.807, 2.05) is 30.4 Å². The molecule has 1 atom stereocenters. The molecule has 0 saturated heterocycles. The molecule has 2 amide bonds. The second-order valence-electron chi connectivity index (χ2n) is 6.92. The molecule has 1 heterocycles. The van der Waals surface area contributed by atoms with E-state index in [4.69, 9.17) is 0 Å². The van der Waals surface area contributed by atoms with Crippen LogP contribution in [-0.4, -0.2) is 23.3 Å². The fourth-order valence-corrected chi connectivity index (χ4v) is 3.34. The van der Waals surface area contributed by atoms with Gasteiger partial charge in [-0.25, -0.2) is 0 Å². The van der Waals surface area contributed by atoms with Crippen LogP contribution in [-0.2, 0) is 4.79 Å². The number of imide groups is 1. The molecule has 25 heavy (non-hydrogen) atoms. The van der Waals surface area contributed by atoms with Crippen molar-refractivity contribution >= 4 is 11.8 Å². The van der Waals surface area contributed by atoms with Gasteiger partial charge in [-0.15, -0.1) is 0 Å². The highest BCUT2D eigenvalue weighted by Gasteiger charge is 2.29. The predicted molar refractivity (Wildman–Crippen MR) is 102 cm³/mol. The summed E-state index contributed by atoms with van der Waals surface area (Å²) in [4.78, 5) is 26.6. The number of hydrogen-bond donors (Lipinski definition) is 0. The molecular weight excluding hydrogens is 310 g/mol. The van der Waals surface area contributed by atoms with E-state index in [0.29, 0.717) is 12.1 Å². The molecule has 3 nitrogen and oxygen atoms in total. The SMILES string of the molecule is CCCCCCCCCCC1C=CCN(C(=O)c2ccccc2)C1=O. The van der Waals surface area contributed by atoms with Crippen LogP contribution in [0.2, 0.25) is 0 Å². The highest BCUT2D eigenvalue weighted by molar-refractivity contribution is 6.06. The summed E-state index contributed by atoms with van der Waals surface area (Å²) >= 11 is 0. The van der Waals surface area contributed by atoms with Gasteiger partial charge in [0.25, 0.3) is 5.91 Å². The lowest BCUT2D eigenvalue weighted by Gasteiger charge is -2.27. The Morgan fingerprint density at radius 3 is 2.32 bits per heavy atom. The lowest BCUT2D eigenvalue weighted by atomic mass is 9.95. The Balaban J connectivity index is 1.73. The van der Waals surface area contributed by atoms with Crippen LogP contribution in [0.1, 0.15) is 75.1 Å². The normalized spacial score (nSPS) is 17.1. The molecule has 1 aliphatic rings. The first kappa shape index (κ1) is 19.4. The molecule has 0 N–H and O–H groups in total. The number of unbranched alkanes of at least 4 members (excludes halogenated alkanes) is 7. The van der Waals surface area contributed by atoms with Crippen LogP contribution < -0.4 is 0 Å². The monoisotopic (exact) mass is 341 g/mol. The van der Waals surface area contributed by atoms with Crippen molar-refractivity contribution in [3.05, 3.63) is 48.0 Å². The van der Waals surface area contributed by atoms with E-state index in [-0.39, 0.29) is 17.7 Å². The number of carbonyl (C=O) groups excluding carboxylic acids is 2. The van der Waals surface area contributed by atoms with Gasteiger partial charge in [0.05, 0.1) is 5.92 Å². The number of benzene rings is 1. The Morgan fingerprint density at radius 1 is 1.00 bits per heavy atom. The topological polar surface area (TPSA) is 37.4 Å². The maximum atomic E-state index is 12.6. The Kier molecular flexibility index (Phi) is 8.44. The summed E-state index contributed by atoms with van der Waals surface area (Å²) < 4.78 is 0. The highest BCUT2D eigenvalue weighted by atomic mass is 16.2. The van der Waals surface area contributed by atoms with Crippen LogP contribution in [0.3, 0.4) is 0 Å². The molecule has 3 heteroatoms. The lowest BCUT2D eigenvalue weighted by molar-refractivity contribution is -0.131. The quantitative estimate of drug-likeness (QED) is 0.326. The smallest absolute Gasteiger partial charge is 0.260 e. The van der Waals surface area contributed by atoms with Gasteiger partial charge in [-0.2, -0.15) is 0 Å². The molecular formula is C22H31NO2. The van der Waals surface area contributed by atoms with Crippen molar-refractivity contribution in [3.8, 4) is 0 Å². The zero-order valence-corrected chi connectivity index (χ0v) is 15.5. The maximum Gasteiger partial charge on any atom is 0.260 e. The van der Waals surface area contributed by atoms with E-state index in [1.54, 1.807) is 12.1 Å². The van der Waals surface area contributed by atoms with Crippen molar-refractivity contribution in [1.82, 2.24) is 4.90 Å². The molecule has 0 saturated carbocycles. The van der Waals surface area contributed by atoms with Gasteiger partial charge in [-0.1, -0.05) is 88.6 Å². The van der Waals surface area contributed by atoms with E-state index in [1.165, 1.54) is 49.8 Å². The Labute approximate surface area is 152 Å². The Hall–Kier alpha value is -1.90. The molecule has 1 aliphatic heterocycles. The first-order chi connectivity index (χ1) is 12.2. The molecule has 0 radical (unpaired) electrons. The van der Waals surface area contributed by atoms with Crippen LogP contribution in [0.5, 0.6) is 0 Å². The van der Waals surface area contributed by atoms with Crippen molar-refractivity contribution in [1.29, 1.82) is 0 Å². The minimum Gasteiger partial charge on any atom is -0.274 e. The van der Waals surface area contributed by atoms with Crippen molar-refractivity contribution in [2.45, 2.75) is 64.7 Å². The third kappa shape index (κ3) is 6.15. The van der Waals surface area contributed by atoms with Gasteiger partial charge in [0.2, 0.25) is 5.91 Å². The third-order valence-corrected chi connectivity index (χ3v) is 4.87. The van der Waals surface area contributed by atoms with Gasteiger partial charge >= 0.3 is 0 Å². The summed E-state index contributed by atoms with van der Waals surface area (Å²) in [6.07, 6.45) is 14.9. The molecule has 0 aliphatic carbocycles. The highest BCUT2D eigenvalue weighted by Crippen LogP contribution is 2.21. The summed E-state index contributed by atoms with van der Waals surface area (Å²) in [6, 6.07) is 9.06. The number of nitrogens with zero attached hydrogens (tertiary/aromatic N) is 1. The van der Waals surface area contributed by atoms with Crippen molar-refractivity contribution in [3.63, 3.8) is 0 Å². The largest absolute Gasteiger partial charge is 0.274 e. The van der Waals surface area contributed by atoms with E-state index in [2.05, 4.69) is 6.92 Å². The van der Waals surface area contributed by atoms with Crippen LogP contribution >= 0.6 is 0 Å². The van der Waals surface area contributed by atoms with Gasteiger partial charge in [-0.3, -0.25) is 14.5 Å². The summed E-state index contributed by atoms with van der Waals surface area (Å²) in [5.41, 5.74) is 0.581. The number of hydrogen-bond acceptors (Lipinski definition) is 2. The summed E-state index contributed by atoms with van der Waals surface area (Å²) in [5.74, 6) is -0.364. The molecule has 1 aromatic carbocycles. The third-order valence-electron chi connectivity index (χ3n) is 4.87. The minimum absolute atomic E-state index is 0.0423. The predicted octanol–water partition coefficient (Wildman–Crippen LogP) is 5.37. The van der Waals surface area contributed by atoms with Crippen LogP contribution in [0.15, 0.2) is 42.5 Å². The van der Waals surface area contributed by atoms with Crippen molar-refractivity contribution in [2.75, 3.05) is 6.54 Å². The Morgan fingerprint density at radius 2 is 1.64 bits per heavy atom. The van der Waals surface area contributed by atoms with Crippen molar-refractivity contribution in [2.24, 2.45) is 5.92 Å². The van der Waals surface area contributed by atoms with Gasteiger partial charge in [0.1, 0.15) is 0 Å². The molecule has 0 bridgehead atoms. The number of amides is 2. The summed E-state index contributed by atoms with van der Waals surface area (Å²) in [7, 11) is 0. The van der Waals surface area contributed by atoms with E-state index < -0.39 is 0 Å². The zero-order chi connectivity index (χ0) is 17.9. The molecule has 2 rings (SSSR count). The average Bonchev–Trinajstić information content (AvgIpc) is 2.65. The number of rotatable bonds is 10. The van der Waals surface area contributed by atoms with Crippen molar-refractivity contribution < 1.29 is 9.59 Å². The van der Waals surface area contributed by atoms with E-state index in [0.717, 1.165) is 12.8 Å². The van der Waals surface area contributed by atoms with E-state index in [9.17, 15) is 9.59 Å². The summed E-state index contributed by atoms with van der Waals surface area (Å²) in [5, 5.41) is 0. The molecule has 136 valence electrons. The van der Waals surface area contributed by atoms with Crippen LogP contribution in [0.25, 0.3) is 0 Å². The lowest BCUT2D eigenvalue weighted by Crippen LogP contribution is -2.42. The molecule has 0 aromatic heterocycles. The second-order valence-corrected chi connectivity index (χ2v) is 6.92.